The molecular weight excluding hydrogens is 170 g/mol. The standard InChI is InChI=1S/C13H17N/c1-14-9-11-7-12(14)8-13(11)10-5-3-2-4-6-10/h3,5-6,8,11-12H,2,4,7,9H2,1H3. The van der Waals surface area contributed by atoms with Crippen LogP contribution in [0.15, 0.2) is 35.5 Å². The van der Waals surface area contributed by atoms with Crippen molar-refractivity contribution in [1.82, 2.24) is 4.90 Å². The second-order valence-electron chi connectivity index (χ2n) is 4.70. The Morgan fingerprint density at radius 1 is 1.36 bits per heavy atom. The summed E-state index contributed by atoms with van der Waals surface area (Å²) in [7, 11) is 2.24. The van der Waals surface area contributed by atoms with Gasteiger partial charge in [0, 0.05) is 12.6 Å². The maximum atomic E-state index is 2.48. The van der Waals surface area contributed by atoms with Gasteiger partial charge in [-0.2, -0.15) is 0 Å². The fourth-order valence-electron chi connectivity index (χ4n) is 2.95. The molecule has 0 spiro atoms. The van der Waals surface area contributed by atoms with Crippen molar-refractivity contribution >= 4 is 0 Å². The average Bonchev–Trinajstić information content (AvgIpc) is 2.77. The van der Waals surface area contributed by atoms with Crippen molar-refractivity contribution in [2.45, 2.75) is 25.3 Å². The van der Waals surface area contributed by atoms with Gasteiger partial charge < -0.3 is 0 Å². The highest BCUT2D eigenvalue weighted by Gasteiger charge is 2.37. The summed E-state index contributed by atoms with van der Waals surface area (Å²) in [6.45, 7) is 1.27. The molecule has 0 N–H and O–H groups in total. The number of allylic oxidation sites excluding steroid dienone is 4. The fourth-order valence-corrected chi connectivity index (χ4v) is 2.95. The molecule has 2 bridgehead atoms. The third-order valence-corrected chi connectivity index (χ3v) is 3.74. The van der Waals surface area contributed by atoms with Gasteiger partial charge in [-0.3, -0.25) is 4.90 Å². The van der Waals surface area contributed by atoms with Gasteiger partial charge in [-0.1, -0.05) is 24.3 Å². The number of hydrogen-bond acceptors (Lipinski definition) is 1. The second-order valence-corrected chi connectivity index (χ2v) is 4.70. The Hall–Kier alpha value is -0.820. The lowest BCUT2D eigenvalue weighted by atomic mass is 9.92. The maximum Gasteiger partial charge on any atom is 0.0287 e. The van der Waals surface area contributed by atoms with Crippen LogP contribution in [0.3, 0.4) is 0 Å². The number of likely N-dealkylation sites (tertiary alicyclic amines) is 1. The van der Waals surface area contributed by atoms with Crippen LogP contribution in [0.1, 0.15) is 19.3 Å². The van der Waals surface area contributed by atoms with E-state index in [1.165, 1.54) is 31.4 Å². The zero-order valence-corrected chi connectivity index (χ0v) is 8.74. The van der Waals surface area contributed by atoms with E-state index < -0.39 is 0 Å². The molecule has 1 heterocycles. The first-order chi connectivity index (χ1) is 6.84. The molecule has 74 valence electrons. The Morgan fingerprint density at radius 2 is 2.29 bits per heavy atom. The minimum absolute atomic E-state index is 0.728. The molecule has 0 aromatic rings. The molecule has 1 aliphatic heterocycles. The van der Waals surface area contributed by atoms with Crippen molar-refractivity contribution < 1.29 is 0 Å². The molecule has 0 amide bonds. The predicted molar refractivity (Wildman–Crippen MR) is 59.1 cm³/mol. The van der Waals surface area contributed by atoms with Gasteiger partial charge in [0.15, 0.2) is 0 Å². The molecule has 1 fully saturated rings. The van der Waals surface area contributed by atoms with E-state index in [2.05, 4.69) is 36.3 Å². The van der Waals surface area contributed by atoms with Crippen molar-refractivity contribution in [3.8, 4) is 0 Å². The third kappa shape index (κ3) is 1.19. The van der Waals surface area contributed by atoms with Crippen LogP contribution in [-0.2, 0) is 0 Å². The lowest BCUT2D eigenvalue weighted by Crippen LogP contribution is -2.26. The number of hydrogen-bond donors (Lipinski definition) is 0. The molecule has 14 heavy (non-hydrogen) atoms. The van der Waals surface area contributed by atoms with Crippen molar-refractivity contribution in [2.24, 2.45) is 5.92 Å². The van der Waals surface area contributed by atoms with Gasteiger partial charge in [0.2, 0.25) is 0 Å². The number of rotatable bonds is 1. The van der Waals surface area contributed by atoms with Crippen LogP contribution in [0.25, 0.3) is 0 Å². The van der Waals surface area contributed by atoms with Crippen LogP contribution in [0.2, 0.25) is 0 Å². The third-order valence-electron chi connectivity index (χ3n) is 3.74. The first kappa shape index (κ1) is 8.49. The predicted octanol–water partition coefficient (Wildman–Crippen LogP) is 2.52. The largest absolute Gasteiger partial charge is 0.299 e. The Morgan fingerprint density at radius 3 is 2.86 bits per heavy atom. The highest BCUT2D eigenvalue weighted by Crippen LogP contribution is 2.40. The van der Waals surface area contributed by atoms with Gasteiger partial charge in [0.25, 0.3) is 0 Å². The molecule has 0 aromatic heterocycles. The molecule has 0 saturated carbocycles. The minimum Gasteiger partial charge on any atom is -0.299 e. The highest BCUT2D eigenvalue weighted by atomic mass is 15.2. The van der Waals surface area contributed by atoms with Crippen molar-refractivity contribution in [1.29, 1.82) is 0 Å². The van der Waals surface area contributed by atoms with Crippen LogP contribution >= 0.6 is 0 Å². The van der Waals surface area contributed by atoms with E-state index in [-0.39, 0.29) is 0 Å². The summed E-state index contributed by atoms with van der Waals surface area (Å²) in [6.07, 6.45) is 13.3. The van der Waals surface area contributed by atoms with E-state index in [0.717, 1.165) is 12.0 Å². The summed E-state index contributed by atoms with van der Waals surface area (Å²) >= 11 is 0. The van der Waals surface area contributed by atoms with Crippen LogP contribution in [0.5, 0.6) is 0 Å². The minimum atomic E-state index is 0.728. The fraction of sp³-hybridized carbons (Fsp3) is 0.538. The van der Waals surface area contributed by atoms with Gasteiger partial charge in [0.05, 0.1) is 0 Å². The van der Waals surface area contributed by atoms with Crippen LogP contribution in [0.4, 0.5) is 0 Å². The Labute approximate surface area is 85.8 Å². The van der Waals surface area contributed by atoms with Crippen LogP contribution < -0.4 is 0 Å². The van der Waals surface area contributed by atoms with Crippen LogP contribution in [-0.4, -0.2) is 24.5 Å². The average molecular weight is 187 g/mol. The second kappa shape index (κ2) is 3.09. The maximum absolute atomic E-state index is 2.48. The van der Waals surface area contributed by atoms with E-state index in [1.807, 2.05) is 0 Å². The Bertz CT molecular complexity index is 335. The molecule has 1 nitrogen and oxygen atoms in total. The first-order valence-electron chi connectivity index (χ1n) is 5.63. The van der Waals surface area contributed by atoms with Crippen molar-refractivity contribution in [3.63, 3.8) is 0 Å². The Kier molecular flexibility index (Phi) is 1.88. The van der Waals surface area contributed by atoms with Gasteiger partial charge in [-0.25, -0.2) is 0 Å². The van der Waals surface area contributed by atoms with Gasteiger partial charge in [-0.15, -0.1) is 0 Å². The summed E-state index contributed by atoms with van der Waals surface area (Å²) in [5, 5.41) is 0. The summed E-state index contributed by atoms with van der Waals surface area (Å²) in [5.74, 6) is 0.819. The highest BCUT2D eigenvalue weighted by molar-refractivity contribution is 5.47. The molecule has 2 atom stereocenters. The van der Waals surface area contributed by atoms with Gasteiger partial charge >= 0.3 is 0 Å². The van der Waals surface area contributed by atoms with Crippen molar-refractivity contribution in [3.05, 3.63) is 35.5 Å². The number of fused-ring (bicyclic) bond motifs is 2. The van der Waals surface area contributed by atoms with E-state index in [0.29, 0.717) is 0 Å². The smallest absolute Gasteiger partial charge is 0.0287 e. The summed E-state index contributed by atoms with van der Waals surface area (Å²) in [5.41, 5.74) is 3.14. The van der Waals surface area contributed by atoms with Crippen LogP contribution in [0, 0.1) is 5.92 Å². The molecule has 1 saturated heterocycles. The monoisotopic (exact) mass is 187 g/mol. The van der Waals surface area contributed by atoms with E-state index in [4.69, 9.17) is 0 Å². The molecule has 3 aliphatic rings. The molecule has 0 radical (unpaired) electrons. The van der Waals surface area contributed by atoms with Crippen molar-refractivity contribution in [2.75, 3.05) is 13.6 Å². The molecule has 0 aromatic carbocycles. The Balaban J connectivity index is 1.88. The number of nitrogens with zero attached hydrogens (tertiary/aromatic N) is 1. The van der Waals surface area contributed by atoms with E-state index >= 15 is 0 Å². The molecular formula is C13H17N. The summed E-state index contributed by atoms with van der Waals surface area (Å²) in [4.78, 5) is 2.47. The topological polar surface area (TPSA) is 3.24 Å². The number of likely N-dealkylation sites (N-methyl/N-ethyl adjacent to an activating group) is 1. The zero-order chi connectivity index (χ0) is 9.54. The SMILES string of the molecule is CN1CC2CC1C=C2C1=CCCC=C1. The van der Waals surface area contributed by atoms with Gasteiger partial charge in [0.1, 0.15) is 0 Å². The summed E-state index contributed by atoms with van der Waals surface area (Å²) in [6, 6.07) is 0.728. The van der Waals surface area contributed by atoms with Gasteiger partial charge in [-0.05, 0) is 43.4 Å². The molecule has 2 aliphatic carbocycles. The normalized spacial score (nSPS) is 36.1. The lowest BCUT2D eigenvalue weighted by Gasteiger charge is -2.22. The van der Waals surface area contributed by atoms with E-state index in [1.54, 1.807) is 5.57 Å². The molecule has 2 unspecified atom stereocenters. The molecule has 1 heteroatoms. The first-order valence-corrected chi connectivity index (χ1v) is 5.63. The summed E-state index contributed by atoms with van der Waals surface area (Å²) < 4.78 is 0. The quantitative estimate of drug-likeness (QED) is 0.609. The lowest BCUT2D eigenvalue weighted by molar-refractivity contribution is 0.341. The molecule has 3 rings (SSSR count). The van der Waals surface area contributed by atoms with E-state index in [9.17, 15) is 0 Å². The zero-order valence-electron chi connectivity index (χ0n) is 8.74.